The summed E-state index contributed by atoms with van der Waals surface area (Å²) in [5.74, 6) is 1.88. The van der Waals surface area contributed by atoms with Gasteiger partial charge in [0.15, 0.2) is 5.82 Å². The molecule has 108 valence electrons. The van der Waals surface area contributed by atoms with Gasteiger partial charge in [0.1, 0.15) is 0 Å². The van der Waals surface area contributed by atoms with Crippen LogP contribution in [0.15, 0.2) is 33.7 Å². The van der Waals surface area contributed by atoms with Crippen molar-refractivity contribution in [3.63, 3.8) is 0 Å². The van der Waals surface area contributed by atoms with E-state index in [1.165, 1.54) is 10.5 Å². The molecule has 1 aromatic carbocycles. The molecule has 2 rings (SSSR count). The number of aryl methyl sites for hydroxylation is 1. The van der Waals surface area contributed by atoms with Crippen LogP contribution in [0.4, 0.5) is 0 Å². The Bertz CT molecular complexity index is 557. The zero-order chi connectivity index (χ0) is 14.8. The second kappa shape index (κ2) is 5.97. The minimum absolute atomic E-state index is 0.0894. The highest BCUT2D eigenvalue weighted by Gasteiger charge is 2.27. The molecular weight excluding hydrogens is 270 g/mol. The first-order valence-corrected chi connectivity index (χ1v) is 7.62. The van der Waals surface area contributed by atoms with E-state index in [2.05, 4.69) is 62.1 Å². The lowest BCUT2D eigenvalue weighted by Crippen LogP contribution is -2.26. The third-order valence-electron chi connectivity index (χ3n) is 3.07. The van der Waals surface area contributed by atoms with Crippen LogP contribution < -0.4 is 5.73 Å². The third-order valence-corrected chi connectivity index (χ3v) is 4.08. The van der Waals surface area contributed by atoms with Crippen molar-refractivity contribution in [2.75, 3.05) is 0 Å². The molecule has 0 saturated heterocycles. The molecule has 0 aliphatic rings. The molecule has 0 saturated carbocycles. The van der Waals surface area contributed by atoms with Crippen molar-refractivity contribution in [2.45, 2.75) is 44.4 Å². The number of benzene rings is 1. The minimum Gasteiger partial charge on any atom is -0.338 e. The van der Waals surface area contributed by atoms with Crippen molar-refractivity contribution in [2.24, 2.45) is 11.1 Å². The van der Waals surface area contributed by atoms with Crippen LogP contribution in [0.25, 0.3) is 0 Å². The first kappa shape index (κ1) is 15.1. The Hall–Kier alpha value is -1.33. The maximum Gasteiger partial charge on any atom is 0.244 e. The predicted octanol–water partition coefficient (Wildman–Crippen LogP) is 3.72. The molecule has 0 bridgehead atoms. The van der Waals surface area contributed by atoms with Crippen LogP contribution in [-0.4, -0.2) is 10.1 Å². The summed E-state index contributed by atoms with van der Waals surface area (Å²) in [5.41, 5.74) is 7.27. The maximum atomic E-state index is 6.11. The first-order valence-electron chi connectivity index (χ1n) is 6.64. The number of nitrogens with zero attached hydrogens (tertiary/aromatic N) is 2. The molecule has 4 nitrogen and oxygen atoms in total. The van der Waals surface area contributed by atoms with Crippen LogP contribution in [0.3, 0.4) is 0 Å². The van der Waals surface area contributed by atoms with E-state index < -0.39 is 0 Å². The fraction of sp³-hybridized carbons (Fsp3) is 0.467. The molecule has 1 aromatic heterocycles. The van der Waals surface area contributed by atoms with Crippen LogP contribution in [0, 0.1) is 12.3 Å². The number of rotatable bonds is 4. The molecule has 0 unspecified atom stereocenters. The van der Waals surface area contributed by atoms with Gasteiger partial charge < -0.3 is 10.3 Å². The largest absolute Gasteiger partial charge is 0.338 e. The summed E-state index contributed by atoms with van der Waals surface area (Å²) in [6, 6.07) is 8.15. The van der Waals surface area contributed by atoms with Gasteiger partial charge in [0, 0.05) is 4.90 Å². The van der Waals surface area contributed by atoms with Crippen LogP contribution in [0.5, 0.6) is 0 Å². The predicted molar refractivity (Wildman–Crippen MR) is 81.4 cm³/mol. The lowest BCUT2D eigenvalue weighted by molar-refractivity contribution is 0.252. The highest BCUT2D eigenvalue weighted by Crippen LogP contribution is 2.30. The molecule has 0 amide bonds. The van der Waals surface area contributed by atoms with Crippen molar-refractivity contribution in [1.29, 1.82) is 0 Å². The Morgan fingerprint density at radius 3 is 2.50 bits per heavy atom. The fourth-order valence-corrected chi connectivity index (χ4v) is 2.35. The summed E-state index contributed by atoms with van der Waals surface area (Å²) >= 11 is 1.69. The van der Waals surface area contributed by atoms with E-state index in [1.54, 1.807) is 11.8 Å². The molecule has 0 spiro atoms. The average molecular weight is 291 g/mol. The van der Waals surface area contributed by atoms with E-state index in [-0.39, 0.29) is 11.5 Å². The van der Waals surface area contributed by atoms with Crippen LogP contribution in [0.2, 0.25) is 0 Å². The number of hydrogen-bond acceptors (Lipinski definition) is 5. The van der Waals surface area contributed by atoms with Gasteiger partial charge >= 0.3 is 0 Å². The van der Waals surface area contributed by atoms with E-state index in [0.717, 1.165) is 0 Å². The molecule has 2 N–H and O–H groups in total. The molecular formula is C15H21N3OS. The average Bonchev–Trinajstić information content (AvgIpc) is 2.85. The van der Waals surface area contributed by atoms with Gasteiger partial charge in [0.2, 0.25) is 5.89 Å². The quantitative estimate of drug-likeness (QED) is 0.870. The van der Waals surface area contributed by atoms with Crippen LogP contribution in [-0.2, 0) is 5.75 Å². The van der Waals surface area contributed by atoms with Crippen molar-refractivity contribution in [1.82, 2.24) is 10.1 Å². The lowest BCUT2D eigenvalue weighted by Gasteiger charge is -2.23. The molecule has 2 aromatic rings. The molecule has 20 heavy (non-hydrogen) atoms. The Labute approximate surface area is 124 Å². The Kier molecular flexibility index (Phi) is 4.50. The molecule has 5 heteroatoms. The van der Waals surface area contributed by atoms with Gasteiger partial charge in [-0.3, -0.25) is 0 Å². The minimum atomic E-state index is -0.242. The van der Waals surface area contributed by atoms with Gasteiger partial charge in [0.25, 0.3) is 0 Å². The summed E-state index contributed by atoms with van der Waals surface area (Å²) < 4.78 is 5.26. The number of thioether (sulfide) groups is 1. The molecule has 1 atom stereocenters. The highest BCUT2D eigenvalue weighted by molar-refractivity contribution is 7.98. The fourth-order valence-electron chi connectivity index (χ4n) is 1.61. The van der Waals surface area contributed by atoms with Gasteiger partial charge in [-0.25, -0.2) is 0 Å². The number of hydrogen-bond donors (Lipinski definition) is 1. The van der Waals surface area contributed by atoms with E-state index in [1.807, 2.05) is 0 Å². The summed E-state index contributed by atoms with van der Waals surface area (Å²) in [4.78, 5) is 5.58. The summed E-state index contributed by atoms with van der Waals surface area (Å²) in [5, 5.41) is 4.00. The lowest BCUT2D eigenvalue weighted by atomic mass is 9.87. The van der Waals surface area contributed by atoms with E-state index in [0.29, 0.717) is 17.5 Å². The zero-order valence-corrected chi connectivity index (χ0v) is 13.2. The number of aromatic nitrogens is 2. The van der Waals surface area contributed by atoms with Crippen molar-refractivity contribution >= 4 is 11.8 Å². The van der Waals surface area contributed by atoms with Gasteiger partial charge in [-0.15, -0.1) is 11.8 Å². The van der Waals surface area contributed by atoms with Crippen LogP contribution >= 0.6 is 11.8 Å². The van der Waals surface area contributed by atoms with Crippen molar-refractivity contribution < 1.29 is 4.52 Å². The summed E-state index contributed by atoms with van der Waals surface area (Å²) in [6.45, 7) is 8.25. The normalized spacial score (nSPS) is 13.4. The van der Waals surface area contributed by atoms with Crippen molar-refractivity contribution in [3.8, 4) is 0 Å². The van der Waals surface area contributed by atoms with Gasteiger partial charge in [0.05, 0.1) is 11.8 Å². The third kappa shape index (κ3) is 3.84. The zero-order valence-electron chi connectivity index (χ0n) is 12.4. The van der Waals surface area contributed by atoms with E-state index in [4.69, 9.17) is 10.3 Å². The smallest absolute Gasteiger partial charge is 0.244 e. The Balaban J connectivity index is 1.98. The standard InChI is InChI=1S/C15H21N3OS/c1-10-5-7-11(8-6-10)20-9-12-17-14(19-18-12)13(16)15(2,3)4/h5-8,13H,9,16H2,1-4H3/t13-/m0/s1. The van der Waals surface area contributed by atoms with Crippen molar-refractivity contribution in [3.05, 3.63) is 41.5 Å². The van der Waals surface area contributed by atoms with Gasteiger partial charge in [-0.2, -0.15) is 4.98 Å². The molecule has 0 fully saturated rings. The monoisotopic (exact) mass is 291 g/mol. The SMILES string of the molecule is Cc1ccc(SCc2noc([C@H](N)C(C)(C)C)n2)cc1. The van der Waals surface area contributed by atoms with E-state index in [9.17, 15) is 0 Å². The van der Waals surface area contributed by atoms with E-state index >= 15 is 0 Å². The van der Waals surface area contributed by atoms with Gasteiger partial charge in [-0.05, 0) is 24.5 Å². The Morgan fingerprint density at radius 1 is 1.25 bits per heavy atom. The second-order valence-corrected chi connectivity index (χ2v) is 7.04. The summed E-state index contributed by atoms with van der Waals surface area (Å²) in [7, 11) is 0. The van der Waals surface area contributed by atoms with Crippen LogP contribution in [0.1, 0.15) is 44.1 Å². The maximum absolute atomic E-state index is 6.11. The van der Waals surface area contributed by atoms with Gasteiger partial charge in [-0.1, -0.05) is 43.6 Å². The first-order chi connectivity index (χ1) is 9.36. The Morgan fingerprint density at radius 2 is 1.90 bits per heavy atom. The topological polar surface area (TPSA) is 64.9 Å². The molecule has 0 aliphatic carbocycles. The second-order valence-electron chi connectivity index (χ2n) is 5.99. The number of nitrogens with two attached hydrogens (primary N) is 1. The highest BCUT2D eigenvalue weighted by atomic mass is 32.2. The molecule has 0 aliphatic heterocycles. The molecule has 0 radical (unpaired) electrons. The molecule has 1 heterocycles. The summed E-state index contributed by atoms with van der Waals surface area (Å²) in [6.07, 6.45) is 0.